The minimum absolute atomic E-state index is 0.145. The number of pyridine rings is 1. The molecule has 0 saturated heterocycles. The monoisotopic (exact) mass is 427 g/mol. The number of aromatic nitrogens is 2. The molecule has 2 aliphatic rings. The topological polar surface area (TPSA) is 109 Å². The van der Waals surface area contributed by atoms with Crippen LogP contribution in [0.25, 0.3) is 5.65 Å². The van der Waals surface area contributed by atoms with Crippen molar-refractivity contribution in [2.24, 2.45) is 5.73 Å². The Morgan fingerprint density at radius 3 is 2.84 bits per heavy atom. The molecular weight excluding hydrogens is 402 g/mol. The van der Waals surface area contributed by atoms with E-state index in [9.17, 15) is 4.79 Å². The van der Waals surface area contributed by atoms with Gasteiger partial charge in [-0.15, -0.1) is 0 Å². The molecule has 0 bridgehead atoms. The van der Waals surface area contributed by atoms with E-state index in [0.717, 1.165) is 22.8 Å². The van der Waals surface area contributed by atoms with Crippen LogP contribution >= 0.6 is 0 Å². The number of rotatable bonds is 5. The summed E-state index contributed by atoms with van der Waals surface area (Å²) in [6, 6.07) is 13.8. The highest BCUT2D eigenvalue weighted by atomic mass is 16.1. The molecule has 1 amide bonds. The molecule has 0 radical (unpaired) electrons. The zero-order valence-electron chi connectivity index (χ0n) is 17.7. The van der Waals surface area contributed by atoms with Gasteiger partial charge in [0.1, 0.15) is 18.0 Å². The lowest BCUT2D eigenvalue weighted by atomic mass is 10.1. The molecule has 1 aromatic carbocycles. The molecule has 2 aliphatic heterocycles. The molecule has 0 saturated carbocycles. The number of nitrogens with one attached hydrogen (secondary N) is 4. The Hall–Kier alpha value is -3.88. The van der Waals surface area contributed by atoms with Crippen LogP contribution in [0.15, 0.2) is 84.5 Å². The van der Waals surface area contributed by atoms with E-state index in [4.69, 9.17) is 5.73 Å². The molecule has 5 rings (SSSR count). The van der Waals surface area contributed by atoms with Crippen LogP contribution in [0, 0.1) is 6.92 Å². The molecule has 8 nitrogen and oxygen atoms in total. The number of aryl methyl sites for hydroxylation is 1. The van der Waals surface area contributed by atoms with Crippen LogP contribution in [0.1, 0.15) is 33.5 Å². The van der Waals surface area contributed by atoms with E-state index in [1.54, 1.807) is 6.07 Å². The summed E-state index contributed by atoms with van der Waals surface area (Å²) in [6.07, 6.45) is 9.42. The van der Waals surface area contributed by atoms with Gasteiger partial charge in [0, 0.05) is 18.9 Å². The summed E-state index contributed by atoms with van der Waals surface area (Å²) in [4.78, 5) is 16.6. The number of nitrogens with two attached hydrogens (primary N) is 1. The maximum absolute atomic E-state index is 11.9. The number of benzene rings is 1. The summed E-state index contributed by atoms with van der Waals surface area (Å²) in [5.41, 5.74) is 11.5. The van der Waals surface area contributed by atoms with E-state index in [2.05, 4.69) is 38.4 Å². The Kier molecular flexibility index (Phi) is 5.22. The summed E-state index contributed by atoms with van der Waals surface area (Å²) in [5, 5.41) is 14.2. The summed E-state index contributed by atoms with van der Waals surface area (Å²) in [7, 11) is 0. The molecule has 6 N–H and O–H groups in total. The fourth-order valence-corrected chi connectivity index (χ4v) is 4.19. The highest BCUT2D eigenvalue weighted by molar-refractivity contribution is 5.98. The van der Waals surface area contributed by atoms with Crippen molar-refractivity contribution < 1.29 is 4.79 Å². The number of imidazole rings is 1. The lowest BCUT2D eigenvalue weighted by Gasteiger charge is -2.36. The van der Waals surface area contributed by atoms with Crippen LogP contribution in [0.4, 0.5) is 0 Å². The second-order valence-corrected chi connectivity index (χ2v) is 7.80. The average Bonchev–Trinajstić information content (AvgIpc) is 2.96. The predicted octanol–water partition coefficient (Wildman–Crippen LogP) is 1.93. The lowest BCUT2D eigenvalue weighted by molar-refractivity contribution is 0.100. The molecule has 0 spiro atoms. The van der Waals surface area contributed by atoms with Crippen molar-refractivity contribution >= 4 is 11.6 Å². The zero-order valence-corrected chi connectivity index (χ0v) is 17.7. The number of carbonyl (C=O) groups excluding carboxylic acids is 1. The summed E-state index contributed by atoms with van der Waals surface area (Å²) in [6.45, 7) is 2.64. The normalized spacial score (nSPS) is 19.9. The second-order valence-electron chi connectivity index (χ2n) is 7.80. The highest BCUT2D eigenvalue weighted by Gasteiger charge is 2.31. The molecule has 0 aliphatic carbocycles. The fourth-order valence-electron chi connectivity index (χ4n) is 4.19. The van der Waals surface area contributed by atoms with Crippen molar-refractivity contribution in [2.75, 3.05) is 0 Å². The number of allylic oxidation sites excluding steroid dienone is 3. The molecule has 8 heteroatoms. The van der Waals surface area contributed by atoms with Gasteiger partial charge in [0.25, 0.3) is 5.91 Å². The lowest BCUT2D eigenvalue weighted by Crippen LogP contribution is -2.55. The van der Waals surface area contributed by atoms with Gasteiger partial charge in [-0.1, -0.05) is 36.4 Å². The number of amides is 1. The van der Waals surface area contributed by atoms with Gasteiger partial charge < -0.3 is 16.4 Å². The van der Waals surface area contributed by atoms with Crippen molar-refractivity contribution in [2.45, 2.75) is 25.8 Å². The number of hydrogen-bond donors (Lipinski definition) is 5. The number of hydrogen-bond acceptors (Lipinski definition) is 6. The maximum Gasteiger partial charge on any atom is 0.252 e. The van der Waals surface area contributed by atoms with Crippen molar-refractivity contribution in [1.82, 2.24) is 30.7 Å². The van der Waals surface area contributed by atoms with Crippen molar-refractivity contribution in [1.29, 1.82) is 0 Å². The molecule has 2 atom stereocenters. The number of fused-ring (bicyclic) bond motifs is 1. The van der Waals surface area contributed by atoms with E-state index in [1.165, 1.54) is 5.56 Å². The first-order chi connectivity index (χ1) is 15.6. The second kappa shape index (κ2) is 8.33. The third-order valence-electron chi connectivity index (χ3n) is 5.68. The first-order valence-corrected chi connectivity index (χ1v) is 10.5. The predicted molar refractivity (Wildman–Crippen MR) is 123 cm³/mol. The Labute approximate surface area is 185 Å². The van der Waals surface area contributed by atoms with Crippen LogP contribution < -0.4 is 27.0 Å². The smallest absolute Gasteiger partial charge is 0.252 e. The van der Waals surface area contributed by atoms with Gasteiger partial charge in [0.05, 0.1) is 28.3 Å². The largest absolute Gasteiger partial charge is 0.365 e. The zero-order chi connectivity index (χ0) is 22.1. The Morgan fingerprint density at radius 2 is 2.03 bits per heavy atom. The minimum Gasteiger partial charge on any atom is -0.365 e. The van der Waals surface area contributed by atoms with Crippen molar-refractivity contribution in [3.8, 4) is 0 Å². The SMILES string of the molecule is Cc1nc2c(C(N)=O)cccn2c1C1NC2=C(NC=CC=C2)C(NCc2ccccc2)N1. The number of nitrogens with zero attached hydrogens (tertiary/aromatic N) is 2. The van der Waals surface area contributed by atoms with Gasteiger partial charge in [-0.3, -0.25) is 19.8 Å². The quantitative estimate of drug-likeness (QED) is 0.426. The molecule has 2 unspecified atom stereocenters. The van der Waals surface area contributed by atoms with Crippen LogP contribution in [0.3, 0.4) is 0 Å². The van der Waals surface area contributed by atoms with Crippen LogP contribution in [0.5, 0.6) is 0 Å². The Morgan fingerprint density at radius 1 is 1.19 bits per heavy atom. The third-order valence-corrected chi connectivity index (χ3v) is 5.68. The van der Waals surface area contributed by atoms with Crippen LogP contribution in [-0.2, 0) is 6.54 Å². The molecular formula is C24H25N7O. The molecule has 32 heavy (non-hydrogen) atoms. The molecule has 162 valence electrons. The van der Waals surface area contributed by atoms with Crippen LogP contribution in [0.2, 0.25) is 0 Å². The van der Waals surface area contributed by atoms with Crippen molar-refractivity contribution in [3.05, 3.63) is 107 Å². The van der Waals surface area contributed by atoms with E-state index in [-0.39, 0.29) is 12.3 Å². The maximum atomic E-state index is 11.9. The molecule has 2 aromatic heterocycles. The first kappa shape index (κ1) is 20.0. The standard InChI is InChI=1S/C24H25N7O/c1-15-20(31-13-7-10-17(21(25)32)24(31)28-15)23-29-18-11-5-6-12-26-19(18)22(30-23)27-14-16-8-3-2-4-9-16/h2-13,22-23,26-27,29-30H,14H2,1H3,(H2,25,32). The van der Waals surface area contributed by atoms with Gasteiger partial charge in [-0.05, 0) is 36.8 Å². The van der Waals surface area contributed by atoms with Crippen molar-refractivity contribution in [3.63, 3.8) is 0 Å². The van der Waals surface area contributed by atoms with Gasteiger partial charge in [-0.25, -0.2) is 4.98 Å². The van der Waals surface area contributed by atoms with E-state index >= 15 is 0 Å². The summed E-state index contributed by atoms with van der Waals surface area (Å²) < 4.78 is 1.92. The molecule has 4 heterocycles. The minimum atomic E-state index is -0.494. The average molecular weight is 428 g/mol. The fraction of sp³-hybridized carbons (Fsp3) is 0.167. The Balaban J connectivity index is 1.52. The first-order valence-electron chi connectivity index (χ1n) is 10.5. The molecule has 0 fully saturated rings. The molecule has 3 aromatic rings. The van der Waals surface area contributed by atoms with Gasteiger partial charge in [-0.2, -0.15) is 0 Å². The third kappa shape index (κ3) is 3.66. The number of primary amides is 1. The van der Waals surface area contributed by atoms with E-state index in [0.29, 0.717) is 17.8 Å². The Bertz CT molecular complexity index is 1260. The summed E-state index contributed by atoms with van der Waals surface area (Å²) >= 11 is 0. The van der Waals surface area contributed by atoms with E-state index < -0.39 is 5.91 Å². The summed E-state index contributed by atoms with van der Waals surface area (Å²) in [5.74, 6) is -0.494. The highest BCUT2D eigenvalue weighted by Crippen LogP contribution is 2.26. The van der Waals surface area contributed by atoms with E-state index in [1.807, 2.05) is 66.2 Å². The van der Waals surface area contributed by atoms with Gasteiger partial charge >= 0.3 is 0 Å². The van der Waals surface area contributed by atoms with Gasteiger partial charge in [0.15, 0.2) is 0 Å². The van der Waals surface area contributed by atoms with Gasteiger partial charge in [0.2, 0.25) is 0 Å². The number of carbonyl (C=O) groups is 1. The van der Waals surface area contributed by atoms with Crippen LogP contribution in [-0.4, -0.2) is 21.5 Å².